The molecule has 0 radical (unpaired) electrons. The van der Waals surface area contributed by atoms with E-state index in [1.807, 2.05) is 45.9 Å². The highest BCUT2D eigenvalue weighted by molar-refractivity contribution is 5.47. The monoisotopic (exact) mass is 222 g/mol. The molecular weight excluding hydrogens is 192 g/mol. The molecule has 0 N–H and O–H groups in total. The Balaban J connectivity index is -0.000000206. The van der Waals surface area contributed by atoms with Gasteiger partial charge in [0, 0.05) is 0 Å². The van der Waals surface area contributed by atoms with Crippen LogP contribution in [0.1, 0.15) is 59.1 Å². The van der Waals surface area contributed by atoms with E-state index in [1.165, 1.54) is 17.5 Å². The van der Waals surface area contributed by atoms with Crippen LogP contribution in [0.5, 0.6) is 0 Å². The Kier molecular flexibility index (Phi) is 24.9. The first-order valence-corrected chi connectivity index (χ1v) is 6.43. The predicted molar refractivity (Wildman–Crippen MR) is 79.9 cm³/mol. The van der Waals surface area contributed by atoms with Crippen LogP contribution < -0.4 is 0 Å². The molecule has 1 rings (SSSR count). The molecule has 0 aliphatic carbocycles. The Labute approximate surface area is 103 Å². The quantitative estimate of drug-likeness (QED) is 0.538. The zero-order chi connectivity index (χ0) is 13.4. The highest BCUT2D eigenvalue weighted by atomic mass is 13.9. The molecule has 0 bridgehead atoms. The fraction of sp³-hybridized carbons (Fsp3) is 0.500. The Hall–Kier alpha value is -1.04. The van der Waals surface area contributed by atoms with Crippen LogP contribution in [-0.4, -0.2) is 0 Å². The van der Waals surface area contributed by atoms with Crippen LogP contribution >= 0.6 is 0 Å². The van der Waals surface area contributed by atoms with E-state index in [9.17, 15) is 0 Å². The molecule has 0 fully saturated rings. The number of hydrogen-bond acceptors (Lipinski definition) is 0. The lowest BCUT2D eigenvalue weighted by Gasteiger charge is -1.92. The third kappa shape index (κ3) is 15.4. The number of aryl methyl sites for hydroxylation is 1. The minimum Gasteiger partial charge on any atom is -0.0985 e. The largest absolute Gasteiger partial charge is 0.0985 e. The summed E-state index contributed by atoms with van der Waals surface area (Å²) in [6, 6.07) is 8.26. The standard InChI is InChI=1S/C9H10.C3H8.2C2H6/c1-3-9-6-4-5-8(2)7-9;1-3-2;2*1-2/h3-7H,1H2,2H3;3H2,1-2H3;2*1-2H3. The molecular formula is C16H30. The summed E-state index contributed by atoms with van der Waals surface area (Å²) in [6.07, 6.45) is 3.10. The molecule has 0 nitrogen and oxygen atoms in total. The molecule has 0 aromatic heterocycles. The second-order valence-electron chi connectivity index (χ2n) is 2.83. The van der Waals surface area contributed by atoms with Crippen molar-refractivity contribution >= 4 is 6.08 Å². The number of hydrogen-bond donors (Lipinski definition) is 0. The lowest BCUT2D eigenvalue weighted by atomic mass is 10.1. The fourth-order valence-electron chi connectivity index (χ4n) is 0.797. The van der Waals surface area contributed by atoms with Crippen LogP contribution in [0.25, 0.3) is 6.08 Å². The van der Waals surface area contributed by atoms with Crippen molar-refractivity contribution in [3.8, 4) is 0 Å². The van der Waals surface area contributed by atoms with Gasteiger partial charge in [-0.25, -0.2) is 0 Å². The Morgan fingerprint density at radius 1 is 1.06 bits per heavy atom. The van der Waals surface area contributed by atoms with Gasteiger partial charge in [-0.15, -0.1) is 0 Å². The molecule has 0 aliphatic rings. The summed E-state index contributed by atoms with van der Waals surface area (Å²) in [5.41, 5.74) is 2.47. The van der Waals surface area contributed by atoms with E-state index in [1.54, 1.807) is 0 Å². The smallest absolute Gasteiger partial charge is 0.0260 e. The van der Waals surface area contributed by atoms with Crippen LogP contribution in [0, 0.1) is 6.92 Å². The molecule has 0 atom stereocenters. The molecule has 0 saturated heterocycles. The summed E-state index contributed by atoms with van der Waals surface area (Å²) in [4.78, 5) is 0. The highest BCUT2D eigenvalue weighted by Crippen LogP contribution is 2.03. The molecule has 0 heteroatoms. The van der Waals surface area contributed by atoms with Gasteiger partial charge in [0.25, 0.3) is 0 Å². The minimum atomic E-state index is 1.19. The Bertz CT molecular complexity index is 223. The van der Waals surface area contributed by atoms with Gasteiger partial charge >= 0.3 is 0 Å². The van der Waals surface area contributed by atoms with E-state index in [-0.39, 0.29) is 0 Å². The predicted octanol–water partition coefficient (Wildman–Crippen LogP) is 6.11. The molecule has 16 heavy (non-hydrogen) atoms. The van der Waals surface area contributed by atoms with E-state index >= 15 is 0 Å². The molecule has 0 spiro atoms. The Morgan fingerprint density at radius 2 is 1.50 bits per heavy atom. The van der Waals surface area contributed by atoms with Crippen LogP contribution in [0.4, 0.5) is 0 Å². The van der Waals surface area contributed by atoms with Gasteiger partial charge in [0.05, 0.1) is 0 Å². The average molecular weight is 222 g/mol. The van der Waals surface area contributed by atoms with E-state index in [4.69, 9.17) is 0 Å². The first kappa shape index (κ1) is 20.4. The maximum atomic E-state index is 3.67. The minimum absolute atomic E-state index is 1.19. The molecule has 1 aromatic carbocycles. The van der Waals surface area contributed by atoms with Gasteiger partial charge in [-0.3, -0.25) is 0 Å². The molecule has 0 unspecified atom stereocenters. The van der Waals surface area contributed by atoms with Crippen molar-refractivity contribution in [2.45, 2.75) is 54.9 Å². The van der Waals surface area contributed by atoms with Gasteiger partial charge in [-0.05, 0) is 12.5 Å². The summed E-state index contributed by atoms with van der Waals surface area (Å²) >= 11 is 0. The summed E-state index contributed by atoms with van der Waals surface area (Å²) < 4.78 is 0. The Morgan fingerprint density at radius 3 is 1.75 bits per heavy atom. The van der Waals surface area contributed by atoms with Gasteiger partial charge < -0.3 is 0 Å². The topological polar surface area (TPSA) is 0 Å². The molecule has 0 amide bonds. The van der Waals surface area contributed by atoms with Crippen molar-refractivity contribution in [1.82, 2.24) is 0 Å². The van der Waals surface area contributed by atoms with Crippen LogP contribution in [0.15, 0.2) is 30.8 Å². The lowest BCUT2D eigenvalue weighted by molar-refractivity contribution is 1.09. The van der Waals surface area contributed by atoms with Crippen LogP contribution in [0.2, 0.25) is 0 Å². The molecule has 94 valence electrons. The zero-order valence-corrected chi connectivity index (χ0v) is 12.3. The van der Waals surface area contributed by atoms with Gasteiger partial charge in [-0.2, -0.15) is 0 Å². The van der Waals surface area contributed by atoms with Crippen molar-refractivity contribution in [1.29, 1.82) is 0 Å². The van der Waals surface area contributed by atoms with E-state index in [0.717, 1.165) is 0 Å². The van der Waals surface area contributed by atoms with E-state index in [0.29, 0.717) is 0 Å². The SMILES string of the molecule is C=Cc1cccc(C)c1.CC.CC.CCC. The third-order valence-electron chi connectivity index (χ3n) is 1.28. The van der Waals surface area contributed by atoms with E-state index < -0.39 is 0 Å². The molecule has 0 heterocycles. The van der Waals surface area contributed by atoms with Crippen molar-refractivity contribution in [2.75, 3.05) is 0 Å². The summed E-state index contributed by atoms with van der Waals surface area (Å²) in [5.74, 6) is 0. The fourth-order valence-corrected chi connectivity index (χ4v) is 0.797. The van der Waals surface area contributed by atoms with Gasteiger partial charge in [0.15, 0.2) is 0 Å². The lowest BCUT2D eigenvalue weighted by Crippen LogP contribution is -1.72. The second-order valence-corrected chi connectivity index (χ2v) is 2.83. The first-order valence-electron chi connectivity index (χ1n) is 6.43. The van der Waals surface area contributed by atoms with E-state index in [2.05, 4.69) is 39.5 Å². The second kappa shape index (κ2) is 19.5. The van der Waals surface area contributed by atoms with Crippen molar-refractivity contribution < 1.29 is 0 Å². The van der Waals surface area contributed by atoms with Crippen LogP contribution in [0.3, 0.4) is 0 Å². The normalized spacial score (nSPS) is 6.94. The summed E-state index contributed by atoms with van der Waals surface area (Å²) in [6.45, 7) is 18.0. The number of benzene rings is 1. The third-order valence-corrected chi connectivity index (χ3v) is 1.28. The van der Waals surface area contributed by atoms with Crippen LogP contribution in [-0.2, 0) is 0 Å². The molecule has 0 aliphatic heterocycles. The molecule has 1 aromatic rings. The first-order chi connectivity index (χ1) is 7.74. The maximum Gasteiger partial charge on any atom is -0.0260 e. The van der Waals surface area contributed by atoms with Crippen molar-refractivity contribution in [3.63, 3.8) is 0 Å². The zero-order valence-electron chi connectivity index (χ0n) is 12.3. The van der Waals surface area contributed by atoms with Gasteiger partial charge in [0.1, 0.15) is 0 Å². The van der Waals surface area contributed by atoms with Crippen molar-refractivity contribution in [2.24, 2.45) is 0 Å². The highest BCUT2D eigenvalue weighted by Gasteiger charge is 1.83. The van der Waals surface area contributed by atoms with Gasteiger partial charge in [-0.1, -0.05) is 90.4 Å². The summed E-state index contributed by atoms with van der Waals surface area (Å²) in [5, 5.41) is 0. The maximum absolute atomic E-state index is 3.67. The molecule has 0 saturated carbocycles. The average Bonchev–Trinajstić information content (AvgIpc) is 2.35. The van der Waals surface area contributed by atoms with Crippen molar-refractivity contribution in [3.05, 3.63) is 42.0 Å². The summed E-state index contributed by atoms with van der Waals surface area (Å²) in [7, 11) is 0. The van der Waals surface area contributed by atoms with Gasteiger partial charge in [0.2, 0.25) is 0 Å². The number of rotatable bonds is 1.